The van der Waals surface area contributed by atoms with Gasteiger partial charge in [0.25, 0.3) is 6.20 Å². The zero-order valence-electron chi connectivity index (χ0n) is 21.3. The average Bonchev–Trinajstić information content (AvgIpc) is 2.89. The molecule has 1 heterocycles. The van der Waals surface area contributed by atoms with Gasteiger partial charge in [-0.15, -0.1) is 0 Å². The Hall–Kier alpha value is -2.16. The Bertz CT molecular complexity index is 770. The number of nitrogens with zero attached hydrogens (tertiary/aromatic N) is 2. The summed E-state index contributed by atoms with van der Waals surface area (Å²) < 4.78 is 11.6. The number of methoxy groups -OCH3 is 1. The summed E-state index contributed by atoms with van der Waals surface area (Å²) in [5.41, 5.74) is 7.28. The van der Waals surface area contributed by atoms with Gasteiger partial charge in [0.05, 0.1) is 11.0 Å². The summed E-state index contributed by atoms with van der Waals surface area (Å²) in [5, 5.41) is 15.0. The Labute approximate surface area is 210 Å². The maximum Gasteiger partial charge on any atom is 0.274 e. The highest BCUT2D eigenvalue weighted by molar-refractivity contribution is 5.19. The molecule has 3 rings (SSSR count). The molecule has 0 amide bonds. The lowest BCUT2D eigenvalue weighted by Gasteiger charge is -2.39. The number of rotatable bonds is 14. The molecule has 1 aromatic rings. The summed E-state index contributed by atoms with van der Waals surface area (Å²) in [7, 11) is 1.70. The van der Waals surface area contributed by atoms with Crippen molar-refractivity contribution in [3.05, 3.63) is 58.0 Å². The lowest BCUT2D eigenvalue weighted by Crippen LogP contribution is -2.46. The first-order valence-corrected chi connectivity index (χ1v) is 13.3. The molecule has 0 aromatic heterocycles. The minimum atomic E-state index is -0.351. The van der Waals surface area contributed by atoms with Crippen LogP contribution in [0.15, 0.2) is 42.4 Å². The van der Waals surface area contributed by atoms with Crippen molar-refractivity contribution in [1.82, 2.24) is 10.2 Å². The molecule has 0 unspecified atom stereocenters. The highest BCUT2D eigenvalue weighted by Gasteiger charge is 2.31. The molecule has 1 aliphatic carbocycles. The van der Waals surface area contributed by atoms with Crippen molar-refractivity contribution >= 4 is 0 Å². The number of nitro groups is 1. The number of hydrogen-bond donors (Lipinski definition) is 2. The summed E-state index contributed by atoms with van der Waals surface area (Å²) in [6, 6.07) is 10.4. The smallest absolute Gasteiger partial charge is 0.274 e. The van der Waals surface area contributed by atoms with Gasteiger partial charge in [-0.05, 0) is 37.2 Å². The fraction of sp³-hybridized carbons (Fsp3) is 0.704. The molecule has 196 valence electrons. The predicted molar refractivity (Wildman–Crippen MR) is 138 cm³/mol. The van der Waals surface area contributed by atoms with E-state index >= 15 is 0 Å². The second-order valence-corrected chi connectivity index (χ2v) is 10.0. The van der Waals surface area contributed by atoms with E-state index in [0.29, 0.717) is 38.0 Å². The highest BCUT2D eigenvalue weighted by atomic mass is 16.6. The lowest BCUT2D eigenvalue weighted by molar-refractivity contribution is -0.404. The molecule has 0 spiro atoms. The Morgan fingerprint density at radius 3 is 2.66 bits per heavy atom. The summed E-state index contributed by atoms with van der Waals surface area (Å²) in [5.74, 6) is 1.47. The molecule has 2 fully saturated rings. The van der Waals surface area contributed by atoms with Gasteiger partial charge in [-0.2, -0.15) is 0 Å². The fourth-order valence-corrected chi connectivity index (χ4v) is 5.60. The van der Waals surface area contributed by atoms with Gasteiger partial charge < -0.3 is 25.4 Å². The first kappa shape index (κ1) is 27.4. The Kier molecular flexibility index (Phi) is 11.8. The first-order valence-electron chi connectivity index (χ1n) is 13.3. The van der Waals surface area contributed by atoms with Gasteiger partial charge in [0.15, 0.2) is 5.82 Å². The molecule has 0 radical (unpaired) electrons. The molecule has 35 heavy (non-hydrogen) atoms. The van der Waals surface area contributed by atoms with Crippen LogP contribution < -0.4 is 11.1 Å². The number of nitrogens with one attached hydrogen (secondary N) is 1. The number of ether oxygens (including phenoxy) is 2. The third-order valence-electron chi connectivity index (χ3n) is 7.35. The van der Waals surface area contributed by atoms with E-state index in [9.17, 15) is 10.1 Å². The second-order valence-electron chi connectivity index (χ2n) is 10.0. The molecular formula is C27H44N4O4. The topological polar surface area (TPSA) is 103 Å². The molecule has 2 aliphatic rings. The number of nitrogens with two attached hydrogens (primary N) is 1. The van der Waals surface area contributed by atoms with E-state index in [4.69, 9.17) is 15.2 Å². The van der Waals surface area contributed by atoms with Crippen LogP contribution in [0, 0.1) is 22.0 Å². The molecular weight excluding hydrogens is 444 g/mol. The molecule has 8 nitrogen and oxygen atoms in total. The van der Waals surface area contributed by atoms with Crippen molar-refractivity contribution in [2.45, 2.75) is 69.9 Å². The summed E-state index contributed by atoms with van der Waals surface area (Å²) in [4.78, 5) is 13.3. The molecule has 1 aromatic carbocycles. The fourth-order valence-electron chi connectivity index (χ4n) is 5.60. The molecule has 1 saturated heterocycles. The van der Waals surface area contributed by atoms with E-state index in [2.05, 4.69) is 22.3 Å². The molecule has 0 bridgehead atoms. The minimum absolute atomic E-state index is 0.0416. The van der Waals surface area contributed by atoms with Crippen molar-refractivity contribution in [3.8, 4) is 0 Å². The van der Waals surface area contributed by atoms with Crippen LogP contribution in [-0.4, -0.2) is 55.8 Å². The van der Waals surface area contributed by atoms with E-state index in [-0.39, 0.29) is 23.0 Å². The molecule has 1 aliphatic heterocycles. The quantitative estimate of drug-likeness (QED) is 0.226. The normalized spacial score (nSPS) is 21.5. The van der Waals surface area contributed by atoms with Crippen LogP contribution in [-0.2, 0) is 9.47 Å². The standard InChI is InChI=1S/C27H44N4O4/c1-34-16-9-17-35-27(23-12-6-3-7-13-23)24-14-8-15-30(20-24)26(21-31(32)33)29-25(19-28)18-22-10-4-2-5-11-22/h3,6-7,12-13,21-22,24-25,27,29H,2,4-5,8-11,14-20,28H2,1H3/b26-21-/t24-,25+,27+/m1/s1. The number of benzene rings is 1. The van der Waals surface area contributed by atoms with Crippen LogP contribution in [0.4, 0.5) is 0 Å². The van der Waals surface area contributed by atoms with Gasteiger partial charge in [-0.25, -0.2) is 0 Å². The SMILES string of the molecule is COCCCO[C@@H](c1ccccc1)[C@@H]1CCCN(/C(=C\[N+](=O)[O-])N[C@H](CN)CC2CCCCC2)C1. The van der Waals surface area contributed by atoms with Gasteiger partial charge >= 0.3 is 0 Å². The van der Waals surface area contributed by atoms with Crippen LogP contribution in [0.1, 0.15) is 69.5 Å². The third-order valence-corrected chi connectivity index (χ3v) is 7.35. The van der Waals surface area contributed by atoms with Gasteiger partial charge in [-0.1, -0.05) is 62.4 Å². The third kappa shape index (κ3) is 9.09. The van der Waals surface area contributed by atoms with Gasteiger partial charge in [0.1, 0.15) is 0 Å². The van der Waals surface area contributed by atoms with E-state index in [1.807, 2.05) is 18.2 Å². The maximum absolute atomic E-state index is 11.5. The van der Waals surface area contributed by atoms with Crippen LogP contribution >= 0.6 is 0 Å². The van der Waals surface area contributed by atoms with Gasteiger partial charge in [-0.3, -0.25) is 10.1 Å². The van der Waals surface area contributed by atoms with Gasteiger partial charge in [0, 0.05) is 51.9 Å². The monoisotopic (exact) mass is 488 g/mol. The maximum atomic E-state index is 11.5. The van der Waals surface area contributed by atoms with Crippen LogP contribution in [0.3, 0.4) is 0 Å². The number of hydrogen-bond acceptors (Lipinski definition) is 7. The Balaban J connectivity index is 1.70. The van der Waals surface area contributed by atoms with Gasteiger partial charge in [0.2, 0.25) is 0 Å². The first-order chi connectivity index (χ1) is 17.1. The van der Waals surface area contributed by atoms with Crippen molar-refractivity contribution in [3.63, 3.8) is 0 Å². The number of piperidine rings is 1. The molecule has 1 saturated carbocycles. The predicted octanol–water partition coefficient (Wildman–Crippen LogP) is 4.46. The summed E-state index contributed by atoms with van der Waals surface area (Å²) in [6.45, 7) is 3.25. The summed E-state index contributed by atoms with van der Waals surface area (Å²) >= 11 is 0. The molecule has 8 heteroatoms. The Morgan fingerprint density at radius 1 is 1.20 bits per heavy atom. The van der Waals surface area contributed by atoms with Crippen molar-refractivity contribution < 1.29 is 14.4 Å². The van der Waals surface area contributed by atoms with E-state index in [1.165, 1.54) is 32.1 Å². The lowest BCUT2D eigenvalue weighted by atomic mass is 9.85. The van der Waals surface area contributed by atoms with Crippen LogP contribution in [0.2, 0.25) is 0 Å². The number of likely N-dealkylation sites (tertiary alicyclic amines) is 1. The molecule has 3 atom stereocenters. The molecule has 3 N–H and O–H groups in total. The van der Waals surface area contributed by atoms with Crippen LogP contribution in [0.5, 0.6) is 0 Å². The Morgan fingerprint density at radius 2 is 1.97 bits per heavy atom. The zero-order chi connectivity index (χ0) is 24.9. The second kappa shape index (κ2) is 15.1. The highest BCUT2D eigenvalue weighted by Crippen LogP contribution is 2.34. The summed E-state index contributed by atoms with van der Waals surface area (Å²) in [6.07, 6.45) is 11.2. The van der Waals surface area contributed by atoms with Crippen molar-refractivity contribution in [2.24, 2.45) is 17.6 Å². The van der Waals surface area contributed by atoms with E-state index in [0.717, 1.165) is 44.0 Å². The van der Waals surface area contributed by atoms with E-state index in [1.54, 1.807) is 7.11 Å². The van der Waals surface area contributed by atoms with Crippen molar-refractivity contribution in [2.75, 3.05) is 40.0 Å². The van der Waals surface area contributed by atoms with Crippen molar-refractivity contribution in [1.29, 1.82) is 0 Å². The minimum Gasteiger partial charge on any atom is -0.385 e. The average molecular weight is 489 g/mol. The zero-order valence-corrected chi connectivity index (χ0v) is 21.3. The van der Waals surface area contributed by atoms with E-state index < -0.39 is 0 Å². The van der Waals surface area contributed by atoms with Crippen LogP contribution in [0.25, 0.3) is 0 Å². The largest absolute Gasteiger partial charge is 0.385 e.